The van der Waals surface area contributed by atoms with Crippen molar-refractivity contribution in [3.8, 4) is 33.4 Å². The Hall–Kier alpha value is -4.76. The molecule has 0 atom stereocenters. The number of benzene rings is 6. The molecule has 6 aromatic carbocycles. The van der Waals surface area contributed by atoms with Gasteiger partial charge in [-0.3, -0.25) is 0 Å². The third-order valence-corrected chi connectivity index (χ3v) is 7.01. The van der Waals surface area contributed by atoms with Crippen LogP contribution < -0.4 is 4.90 Å². The van der Waals surface area contributed by atoms with Crippen molar-refractivity contribution in [2.75, 3.05) is 11.9 Å². The van der Waals surface area contributed by atoms with Crippen LogP contribution in [-0.2, 0) is 0 Å². The first-order chi connectivity index (χ1) is 18.6. The first kappa shape index (κ1) is 23.6. The second-order valence-corrected chi connectivity index (χ2v) is 9.37. The van der Waals surface area contributed by atoms with Gasteiger partial charge in [0.05, 0.1) is 11.4 Å². The molecular formula is C35H25F2N. The molecule has 0 saturated carbocycles. The van der Waals surface area contributed by atoms with Gasteiger partial charge in [0.25, 0.3) is 0 Å². The van der Waals surface area contributed by atoms with Crippen LogP contribution in [0.15, 0.2) is 133 Å². The van der Waals surface area contributed by atoms with Crippen LogP contribution in [0.1, 0.15) is 0 Å². The van der Waals surface area contributed by atoms with Gasteiger partial charge in [0.2, 0.25) is 0 Å². The van der Waals surface area contributed by atoms with Gasteiger partial charge >= 0.3 is 0 Å². The summed E-state index contributed by atoms with van der Waals surface area (Å²) in [5.74, 6) is -0.792. The molecule has 0 aliphatic carbocycles. The molecule has 38 heavy (non-hydrogen) atoms. The highest BCUT2D eigenvalue weighted by Gasteiger charge is 2.19. The predicted octanol–water partition coefficient (Wildman–Crippen LogP) is 9.89. The van der Waals surface area contributed by atoms with E-state index in [9.17, 15) is 4.39 Å². The highest BCUT2D eigenvalue weighted by molar-refractivity contribution is 5.88. The van der Waals surface area contributed by atoms with E-state index in [2.05, 4.69) is 54.6 Å². The van der Waals surface area contributed by atoms with Crippen molar-refractivity contribution >= 4 is 22.1 Å². The Morgan fingerprint density at radius 1 is 0.447 bits per heavy atom. The Labute approximate surface area is 221 Å². The van der Waals surface area contributed by atoms with Gasteiger partial charge in [-0.25, -0.2) is 8.78 Å². The second kappa shape index (κ2) is 9.95. The zero-order valence-electron chi connectivity index (χ0n) is 20.9. The fourth-order valence-corrected chi connectivity index (χ4v) is 4.93. The van der Waals surface area contributed by atoms with E-state index in [1.54, 1.807) is 36.2 Å². The number of hydrogen-bond donors (Lipinski definition) is 0. The molecule has 0 bridgehead atoms. The smallest absolute Gasteiger partial charge is 0.154 e. The molecule has 0 saturated heterocycles. The molecule has 6 aromatic rings. The van der Waals surface area contributed by atoms with Crippen molar-refractivity contribution in [3.63, 3.8) is 0 Å². The summed E-state index contributed by atoms with van der Waals surface area (Å²) in [5.41, 5.74) is 5.92. The van der Waals surface area contributed by atoms with Crippen LogP contribution in [0.25, 0.3) is 44.2 Å². The van der Waals surface area contributed by atoms with Crippen LogP contribution in [0.5, 0.6) is 0 Å². The highest BCUT2D eigenvalue weighted by atomic mass is 19.1. The normalized spacial score (nSPS) is 11.0. The number of rotatable bonds is 5. The van der Waals surface area contributed by atoms with E-state index >= 15 is 4.39 Å². The molecular weight excluding hydrogens is 472 g/mol. The van der Waals surface area contributed by atoms with E-state index in [0.717, 1.165) is 27.8 Å². The minimum Gasteiger partial charge on any atom is -0.340 e. The van der Waals surface area contributed by atoms with Gasteiger partial charge in [0.15, 0.2) is 5.82 Å². The maximum atomic E-state index is 16.0. The molecule has 0 aromatic heterocycles. The van der Waals surface area contributed by atoms with Gasteiger partial charge in [-0.1, -0.05) is 103 Å². The lowest BCUT2D eigenvalue weighted by molar-refractivity contribution is 0.619. The molecule has 184 valence electrons. The maximum Gasteiger partial charge on any atom is 0.154 e. The lowest BCUT2D eigenvalue weighted by Crippen LogP contribution is -2.13. The molecule has 6 rings (SSSR count). The average Bonchev–Trinajstić information content (AvgIpc) is 2.97. The predicted molar refractivity (Wildman–Crippen MR) is 155 cm³/mol. The fourth-order valence-electron chi connectivity index (χ4n) is 4.93. The summed E-state index contributed by atoms with van der Waals surface area (Å²) in [4.78, 5) is 1.57. The number of fused-ring (bicyclic) bond motifs is 1. The van der Waals surface area contributed by atoms with E-state index in [1.165, 1.54) is 16.8 Å². The molecule has 0 spiro atoms. The third-order valence-electron chi connectivity index (χ3n) is 7.01. The van der Waals surface area contributed by atoms with Crippen LogP contribution in [0.4, 0.5) is 20.2 Å². The number of halogens is 2. The van der Waals surface area contributed by atoms with Crippen LogP contribution in [0, 0.1) is 11.6 Å². The fraction of sp³-hybridized carbons (Fsp3) is 0.0286. The summed E-state index contributed by atoms with van der Waals surface area (Å²) in [7, 11) is 1.69. The van der Waals surface area contributed by atoms with E-state index < -0.39 is 11.6 Å². The van der Waals surface area contributed by atoms with Crippen molar-refractivity contribution in [2.45, 2.75) is 0 Å². The zero-order valence-corrected chi connectivity index (χ0v) is 20.9. The molecule has 0 unspecified atom stereocenters. The van der Waals surface area contributed by atoms with Gasteiger partial charge in [0.1, 0.15) is 5.82 Å². The van der Waals surface area contributed by atoms with E-state index in [-0.39, 0.29) is 0 Å². The van der Waals surface area contributed by atoms with E-state index in [4.69, 9.17) is 0 Å². The van der Waals surface area contributed by atoms with E-state index in [1.807, 2.05) is 48.5 Å². The topological polar surface area (TPSA) is 3.24 Å². The minimum atomic E-state index is -0.402. The molecule has 1 nitrogen and oxygen atoms in total. The van der Waals surface area contributed by atoms with Crippen molar-refractivity contribution in [3.05, 3.63) is 145 Å². The van der Waals surface area contributed by atoms with Crippen molar-refractivity contribution < 1.29 is 8.78 Å². The monoisotopic (exact) mass is 497 g/mol. The first-order valence-electron chi connectivity index (χ1n) is 12.6. The number of para-hydroxylation sites is 1. The summed E-state index contributed by atoms with van der Waals surface area (Å²) in [5, 5.41) is 2.40. The van der Waals surface area contributed by atoms with E-state index in [0.29, 0.717) is 16.9 Å². The lowest BCUT2D eigenvalue weighted by Gasteiger charge is -2.23. The lowest BCUT2D eigenvalue weighted by atomic mass is 9.95. The molecule has 0 amide bonds. The maximum absolute atomic E-state index is 16.0. The van der Waals surface area contributed by atoms with Gasteiger partial charge in [-0.05, 0) is 68.9 Å². The quantitative estimate of drug-likeness (QED) is 0.229. The number of hydrogen-bond acceptors (Lipinski definition) is 1. The summed E-state index contributed by atoms with van der Waals surface area (Å²) in [6.45, 7) is 0. The Morgan fingerprint density at radius 2 is 1.05 bits per heavy atom. The van der Waals surface area contributed by atoms with Crippen molar-refractivity contribution in [2.24, 2.45) is 0 Å². The first-order valence-corrected chi connectivity index (χ1v) is 12.6. The Balaban J connectivity index is 1.45. The van der Waals surface area contributed by atoms with Gasteiger partial charge in [-0.2, -0.15) is 0 Å². The Morgan fingerprint density at radius 3 is 1.79 bits per heavy atom. The highest BCUT2D eigenvalue weighted by Crippen LogP contribution is 2.38. The molecule has 0 heterocycles. The van der Waals surface area contributed by atoms with Gasteiger partial charge in [-0.15, -0.1) is 0 Å². The molecule has 0 N–H and O–H groups in total. The number of nitrogens with zero attached hydrogens (tertiary/aromatic N) is 1. The number of anilines is 2. The second-order valence-electron chi connectivity index (χ2n) is 9.37. The summed E-state index contributed by atoms with van der Waals surface area (Å²) in [6, 6.07) is 42.6. The van der Waals surface area contributed by atoms with Gasteiger partial charge < -0.3 is 4.90 Å². The van der Waals surface area contributed by atoms with Gasteiger partial charge in [0, 0.05) is 12.6 Å². The zero-order chi connectivity index (χ0) is 26.1. The SMILES string of the molecule is CN(c1ccccc1F)c1cc(-c2ccc(-c3ccc4ccccc4c3)cc2)cc(-c2ccccc2)c1F. The average molecular weight is 498 g/mol. The van der Waals surface area contributed by atoms with Crippen molar-refractivity contribution in [1.29, 1.82) is 0 Å². The minimum absolute atomic E-state index is 0.310. The molecule has 0 fully saturated rings. The standard InChI is InChI=1S/C35H25F2N/c1-38(33-14-8-7-13-32(33)36)34-23-30(22-31(35(34)37)27-10-3-2-4-11-27)26-17-15-25(16-18-26)29-20-19-24-9-5-6-12-28(24)21-29/h2-23H,1H3. The Kier molecular flexibility index (Phi) is 6.19. The molecule has 3 heteroatoms. The van der Waals surface area contributed by atoms with Crippen LogP contribution in [-0.4, -0.2) is 7.05 Å². The molecule has 0 aliphatic rings. The van der Waals surface area contributed by atoms with Crippen molar-refractivity contribution in [1.82, 2.24) is 0 Å². The summed E-state index contributed by atoms with van der Waals surface area (Å²) >= 11 is 0. The van der Waals surface area contributed by atoms with Crippen LogP contribution in [0.2, 0.25) is 0 Å². The largest absolute Gasteiger partial charge is 0.340 e. The summed E-state index contributed by atoms with van der Waals surface area (Å²) in [6.07, 6.45) is 0. The third kappa shape index (κ3) is 4.44. The molecule has 0 aliphatic heterocycles. The molecule has 0 radical (unpaired) electrons. The van der Waals surface area contributed by atoms with Crippen LogP contribution in [0.3, 0.4) is 0 Å². The summed E-state index contributed by atoms with van der Waals surface area (Å²) < 4.78 is 30.6. The van der Waals surface area contributed by atoms with Crippen LogP contribution >= 0.6 is 0 Å². The Bertz CT molecular complexity index is 1740.